The van der Waals surface area contributed by atoms with E-state index in [1.54, 1.807) is 11.7 Å². The summed E-state index contributed by atoms with van der Waals surface area (Å²) in [6.45, 7) is -0.240. The zero-order valence-electron chi connectivity index (χ0n) is 7.10. The van der Waals surface area contributed by atoms with Gasteiger partial charge in [-0.15, -0.1) is 11.3 Å². The van der Waals surface area contributed by atoms with E-state index in [-0.39, 0.29) is 12.2 Å². The topological polar surface area (TPSA) is 78.9 Å². The number of nitrogens with one attached hydrogen (secondary N) is 1. The minimum Gasteiger partial charge on any atom is -0.390 e. The smallest absolute Gasteiger partial charge is 0.251 e. The maximum absolute atomic E-state index is 11.1. The Morgan fingerprint density at radius 1 is 1.57 bits per heavy atom. The Morgan fingerprint density at radius 2 is 2.43 bits per heavy atom. The first-order chi connectivity index (χ1) is 6.79. The number of aliphatic hydroxyl groups is 1. The van der Waals surface area contributed by atoms with Gasteiger partial charge >= 0.3 is 0 Å². The second kappa shape index (κ2) is 3.69. The SMILES string of the molecule is O=c1cc(CO)nc(-c2cncs2)[nH]1. The van der Waals surface area contributed by atoms with Gasteiger partial charge in [-0.3, -0.25) is 9.78 Å². The fourth-order valence-electron chi connectivity index (χ4n) is 1.04. The largest absolute Gasteiger partial charge is 0.390 e. The molecule has 0 aliphatic heterocycles. The van der Waals surface area contributed by atoms with E-state index in [0.717, 1.165) is 4.88 Å². The normalized spacial score (nSPS) is 10.4. The van der Waals surface area contributed by atoms with E-state index >= 15 is 0 Å². The van der Waals surface area contributed by atoms with Crippen molar-refractivity contribution in [2.24, 2.45) is 0 Å². The molecule has 0 unspecified atom stereocenters. The highest BCUT2D eigenvalue weighted by molar-refractivity contribution is 7.13. The van der Waals surface area contributed by atoms with Crippen LogP contribution in [0.15, 0.2) is 22.6 Å². The van der Waals surface area contributed by atoms with Gasteiger partial charge in [0.05, 0.1) is 22.7 Å². The van der Waals surface area contributed by atoms with Crippen molar-refractivity contribution in [2.45, 2.75) is 6.61 Å². The number of aromatic nitrogens is 3. The fraction of sp³-hybridized carbons (Fsp3) is 0.125. The lowest BCUT2D eigenvalue weighted by molar-refractivity contribution is 0.276. The number of hydrogen-bond acceptors (Lipinski definition) is 5. The maximum atomic E-state index is 11.1. The minimum absolute atomic E-state index is 0.240. The van der Waals surface area contributed by atoms with Gasteiger partial charge < -0.3 is 10.1 Å². The molecule has 0 saturated carbocycles. The second-order valence-corrected chi connectivity index (χ2v) is 3.50. The zero-order valence-corrected chi connectivity index (χ0v) is 7.91. The highest BCUT2D eigenvalue weighted by Gasteiger charge is 2.04. The van der Waals surface area contributed by atoms with E-state index in [1.165, 1.54) is 17.4 Å². The van der Waals surface area contributed by atoms with Crippen molar-refractivity contribution in [1.82, 2.24) is 15.0 Å². The molecule has 0 bridgehead atoms. The number of aliphatic hydroxyl groups excluding tert-OH is 1. The van der Waals surface area contributed by atoms with Crippen LogP contribution >= 0.6 is 11.3 Å². The molecule has 0 aliphatic rings. The summed E-state index contributed by atoms with van der Waals surface area (Å²) in [5.74, 6) is 0.448. The van der Waals surface area contributed by atoms with Crippen LogP contribution in [0.5, 0.6) is 0 Å². The number of H-pyrrole nitrogens is 1. The molecule has 5 nitrogen and oxygen atoms in total. The van der Waals surface area contributed by atoms with Crippen molar-refractivity contribution in [1.29, 1.82) is 0 Å². The van der Waals surface area contributed by atoms with Gasteiger partial charge in [-0.25, -0.2) is 4.98 Å². The number of nitrogens with zero attached hydrogens (tertiary/aromatic N) is 2. The van der Waals surface area contributed by atoms with E-state index in [2.05, 4.69) is 15.0 Å². The highest BCUT2D eigenvalue weighted by Crippen LogP contribution is 2.17. The Balaban J connectivity index is 2.54. The number of thiazole rings is 1. The van der Waals surface area contributed by atoms with Crippen molar-refractivity contribution >= 4 is 11.3 Å². The molecule has 0 amide bonds. The third-order valence-corrected chi connectivity index (χ3v) is 2.40. The summed E-state index contributed by atoms with van der Waals surface area (Å²) in [6.07, 6.45) is 1.62. The van der Waals surface area contributed by atoms with Crippen LogP contribution in [0.4, 0.5) is 0 Å². The van der Waals surface area contributed by atoms with E-state index in [9.17, 15) is 4.79 Å². The average Bonchev–Trinajstić information content (AvgIpc) is 2.69. The predicted octanol–water partition coefficient (Wildman–Crippen LogP) is 0.386. The standard InChI is InChI=1S/C8H7N3O2S/c12-3-5-1-7(13)11-8(10-5)6-2-9-4-14-6/h1-2,4,12H,3H2,(H,10,11,13). The molecule has 0 fully saturated rings. The first-order valence-electron chi connectivity index (χ1n) is 3.89. The molecule has 14 heavy (non-hydrogen) atoms. The molecule has 0 radical (unpaired) electrons. The van der Waals surface area contributed by atoms with Gasteiger partial charge in [0, 0.05) is 12.3 Å². The van der Waals surface area contributed by atoms with Crippen molar-refractivity contribution in [3.05, 3.63) is 33.8 Å². The fourth-order valence-corrected chi connectivity index (χ4v) is 1.60. The van der Waals surface area contributed by atoms with Gasteiger partial charge in [-0.1, -0.05) is 0 Å². The summed E-state index contributed by atoms with van der Waals surface area (Å²) in [4.78, 5) is 22.4. The summed E-state index contributed by atoms with van der Waals surface area (Å²) >= 11 is 1.38. The van der Waals surface area contributed by atoms with Crippen LogP contribution in [0.2, 0.25) is 0 Å². The summed E-state index contributed by atoms with van der Waals surface area (Å²) in [7, 11) is 0. The molecule has 2 aromatic rings. The lowest BCUT2D eigenvalue weighted by atomic mass is 10.4. The van der Waals surface area contributed by atoms with E-state index in [0.29, 0.717) is 11.5 Å². The Kier molecular flexibility index (Phi) is 2.38. The first-order valence-corrected chi connectivity index (χ1v) is 4.77. The number of aromatic amines is 1. The maximum Gasteiger partial charge on any atom is 0.251 e. The Bertz CT molecular complexity index is 478. The van der Waals surface area contributed by atoms with Gasteiger partial charge in [0.2, 0.25) is 0 Å². The monoisotopic (exact) mass is 209 g/mol. The molecule has 0 saturated heterocycles. The highest BCUT2D eigenvalue weighted by atomic mass is 32.1. The van der Waals surface area contributed by atoms with Crippen LogP contribution in [0.25, 0.3) is 10.7 Å². The molecule has 0 atom stereocenters. The van der Waals surface area contributed by atoms with Crippen molar-refractivity contribution < 1.29 is 5.11 Å². The van der Waals surface area contributed by atoms with Gasteiger partial charge in [0.15, 0.2) is 5.82 Å². The van der Waals surface area contributed by atoms with Crippen LogP contribution < -0.4 is 5.56 Å². The van der Waals surface area contributed by atoms with E-state index < -0.39 is 0 Å². The van der Waals surface area contributed by atoms with E-state index in [1.807, 2.05) is 0 Å². The summed E-state index contributed by atoms with van der Waals surface area (Å²) < 4.78 is 0. The first kappa shape index (κ1) is 9.04. The molecular weight excluding hydrogens is 202 g/mol. The van der Waals surface area contributed by atoms with Crippen LogP contribution in [-0.4, -0.2) is 20.1 Å². The third kappa shape index (κ3) is 1.70. The molecule has 0 spiro atoms. The van der Waals surface area contributed by atoms with Gasteiger partial charge in [-0.05, 0) is 0 Å². The number of rotatable bonds is 2. The van der Waals surface area contributed by atoms with Crippen LogP contribution in [0.3, 0.4) is 0 Å². The average molecular weight is 209 g/mol. The molecular formula is C8H7N3O2S. The third-order valence-electron chi connectivity index (χ3n) is 1.62. The molecule has 2 rings (SSSR count). The second-order valence-electron chi connectivity index (χ2n) is 2.61. The Labute approximate surface area is 83.1 Å². The van der Waals surface area contributed by atoms with Gasteiger partial charge in [0.1, 0.15) is 0 Å². The Morgan fingerprint density at radius 3 is 3.07 bits per heavy atom. The van der Waals surface area contributed by atoms with Crippen molar-refractivity contribution in [3.8, 4) is 10.7 Å². The lowest BCUT2D eigenvalue weighted by Gasteiger charge is -1.98. The molecule has 2 N–H and O–H groups in total. The Hall–Kier alpha value is -1.53. The van der Waals surface area contributed by atoms with Crippen molar-refractivity contribution in [2.75, 3.05) is 0 Å². The summed E-state index contributed by atoms with van der Waals surface area (Å²) in [5, 5.41) is 8.86. The van der Waals surface area contributed by atoms with Crippen LogP contribution in [-0.2, 0) is 6.61 Å². The quantitative estimate of drug-likeness (QED) is 0.749. The molecule has 6 heteroatoms. The molecule has 0 aliphatic carbocycles. The number of hydrogen-bond donors (Lipinski definition) is 2. The molecule has 2 heterocycles. The molecule has 72 valence electrons. The van der Waals surface area contributed by atoms with Crippen LogP contribution in [0.1, 0.15) is 5.69 Å². The zero-order chi connectivity index (χ0) is 9.97. The van der Waals surface area contributed by atoms with E-state index in [4.69, 9.17) is 5.11 Å². The van der Waals surface area contributed by atoms with Crippen molar-refractivity contribution in [3.63, 3.8) is 0 Å². The van der Waals surface area contributed by atoms with Gasteiger partial charge in [-0.2, -0.15) is 0 Å². The molecule has 2 aromatic heterocycles. The van der Waals surface area contributed by atoms with Gasteiger partial charge in [0.25, 0.3) is 5.56 Å². The molecule has 0 aromatic carbocycles. The predicted molar refractivity (Wildman–Crippen MR) is 51.9 cm³/mol. The minimum atomic E-state index is -0.271. The summed E-state index contributed by atoms with van der Waals surface area (Å²) in [6, 6.07) is 1.27. The summed E-state index contributed by atoms with van der Waals surface area (Å²) in [5.41, 5.74) is 1.74. The lowest BCUT2D eigenvalue weighted by Crippen LogP contribution is -2.09. The van der Waals surface area contributed by atoms with Crippen LogP contribution in [0, 0.1) is 0 Å².